The Bertz CT molecular complexity index is 344. The van der Waals surface area contributed by atoms with Gasteiger partial charge in [0.05, 0.1) is 12.1 Å². The molecule has 100 valence electrons. The predicted octanol–water partition coefficient (Wildman–Crippen LogP) is 0.805. The van der Waals surface area contributed by atoms with Crippen LogP contribution in [0.3, 0.4) is 0 Å². The second-order valence-electron chi connectivity index (χ2n) is 3.87. The minimum absolute atomic E-state index is 0.713. The standard InChI is InChI=1S/C8H14N6O4/c1-3(11-13-9)5-7(15)18-6(8(16)17-5)4(2)12-14-10/h3-8,15-16H,1-2H3. The maximum Gasteiger partial charge on any atom is 0.182 e. The van der Waals surface area contributed by atoms with Crippen LogP contribution in [0.5, 0.6) is 0 Å². The fourth-order valence-electron chi connectivity index (χ4n) is 1.61. The molecule has 0 aromatic heterocycles. The molecule has 1 aliphatic heterocycles. The van der Waals surface area contributed by atoms with Gasteiger partial charge in [0.2, 0.25) is 0 Å². The number of hydrogen-bond acceptors (Lipinski definition) is 6. The van der Waals surface area contributed by atoms with E-state index in [1.54, 1.807) is 0 Å². The number of aliphatic hydroxyl groups excluding tert-OH is 2. The number of rotatable bonds is 4. The van der Waals surface area contributed by atoms with E-state index in [2.05, 4.69) is 20.1 Å². The summed E-state index contributed by atoms with van der Waals surface area (Å²) in [7, 11) is 0. The molecule has 10 heteroatoms. The fraction of sp³-hybridized carbons (Fsp3) is 1.00. The van der Waals surface area contributed by atoms with Crippen LogP contribution in [-0.2, 0) is 9.47 Å². The number of nitrogens with zero attached hydrogens (tertiary/aromatic N) is 6. The minimum atomic E-state index is -1.38. The SMILES string of the molecule is CC(N=[N+]=[N-])C1OC(O)C(C(C)N=[N+]=[N-])OC1O. The zero-order valence-corrected chi connectivity index (χ0v) is 9.86. The van der Waals surface area contributed by atoms with Crippen LogP contribution >= 0.6 is 0 Å². The van der Waals surface area contributed by atoms with Crippen molar-refractivity contribution in [2.45, 2.75) is 50.7 Å². The largest absolute Gasteiger partial charge is 0.366 e. The van der Waals surface area contributed by atoms with Crippen molar-refractivity contribution in [3.05, 3.63) is 20.9 Å². The maximum atomic E-state index is 9.69. The normalized spacial score (nSPS) is 34.9. The summed E-state index contributed by atoms with van der Waals surface area (Å²) in [5, 5.41) is 26.1. The van der Waals surface area contributed by atoms with E-state index in [4.69, 9.17) is 20.5 Å². The molecule has 0 spiro atoms. The third-order valence-electron chi connectivity index (χ3n) is 2.57. The Kier molecular flexibility index (Phi) is 5.17. The van der Waals surface area contributed by atoms with Gasteiger partial charge < -0.3 is 19.7 Å². The molecule has 0 amide bonds. The van der Waals surface area contributed by atoms with Gasteiger partial charge in [-0.15, -0.1) is 0 Å². The van der Waals surface area contributed by atoms with E-state index >= 15 is 0 Å². The molecular formula is C8H14N6O4. The van der Waals surface area contributed by atoms with Crippen LogP contribution in [0.4, 0.5) is 0 Å². The van der Waals surface area contributed by atoms with Crippen LogP contribution in [0, 0.1) is 0 Å². The molecule has 2 N–H and O–H groups in total. The Labute approximate surface area is 102 Å². The van der Waals surface area contributed by atoms with Gasteiger partial charge in [-0.25, -0.2) is 0 Å². The summed E-state index contributed by atoms with van der Waals surface area (Å²) in [6.07, 6.45) is -4.72. The van der Waals surface area contributed by atoms with Crippen molar-refractivity contribution in [3.8, 4) is 0 Å². The lowest BCUT2D eigenvalue weighted by Gasteiger charge is -2.39. The van der Waals surface area contributed by atoms with Crippen molar-refractivity contribution in [1.82, 2.24) is 0 Å². The Balaban J connectivity index is 2.75. The third kappa shape index (κ3) is 3.23. The zero-order valence-electron chi connectivity index (χ0n) is 9.86. The van der Waals surface area contributed by atoms with Crippen molar-refractivity contribution in [3.63, 3.8) is 0 Å². The third-order valence-corrected chi connectivity index (χ3v) is 2.57. The van der Waals surface area contributed by atoms with Gasteiger partial charge in [0.25, 0.3) is 0 Å². The van der Waals surface area contributed by atoms with Crippen molar-refractivity contribution in [1.29, 1.82) is 0 Å². The Morgan fingerprint density at radius 2 is 1.28 bits per heavy atom. The highest BCUT2D eigenvalue weighted by Crippen LogP contribution is 2.24. The van der Waals surface area contributed by atoms with Crippen LogP contribution < -0.4 is 0 Å². The van der Waals surface area contributed by atoms with Crippen LogP contribution in [0.25, 0.3) is 20.9 Å². The first-order chi connectivity index (χ1) is 8.51. The molecule has 1 aliphatic rings. The number of hydrogen-bond donors (Lipinski definition) is 2. The van der Waals surface area contributed by atoms with Gasteiger partial charge in [-0.1, -0.05) is 24.1 Å². The zero-order chi connectivity index (χ0) is 13.7. The number of azide groups is 2. The highest BCUT2D eigenvalue weighted by molar-refractivity contribution is 4.86. The van der Waals surface area contributed by atoms with Crippen molar-refractivity contribution in [2.24, 2.45) is 10.2 Å². The summed E-state index contributed by atoms with van der Waals surface area (Å²) in [5.74, 6) is 0. The molecule has 6 unspecified atom stereocenters. The molecule has 18 heavy (non-hydrogen) atoms. The summed E-state index contributed by atoms with van der Waals surface area (Å²) in [4.78, 5) is 5.17. The number of ether oxygens (including phenoxy) is 2. The molecule has 0 aliphatic carbocycles. The quantitative estimate of drug-likeness (QED) is 0.434. The Morgan fingerprint density at radius 1 is 0.944 bits per heavy atom. The van der Waals surface area contributed by atoms with Gasteiger partial charge in [-0.05, 0) is 11.1 Å². The van der Waals surface area contributed by atoms with E-state index < -0.39 is 36.9 Å². The topological polar surface area (TPSA) is 156 Å². The molecule has 1 heterocycles. The summed E-state index contributed by atoms with van der Waals surface area (Å²) in [5.41, 5.74) is 16.6. The van der Waals surface area contributed by atoms with Crippen molar-refractivity contribution >= 4 is 0 Å². The van der Waals surface area contributed by atoms with Gasteiger partial charge in [-0.2, -0.15) is 0 Å². The molecule has 10 nitrogen and oxygen atoms in total. The van der Waals surface area contributed by atoms with E-state index in [0.29, 0.717) is 0 Å². The average molecular weight is 258 g/mol. The van der Waals surface area contributed by atoms with Gasteiger partial charge in [0.1, 0.15) is 12.2 Å². The lowest BCUT2D eigenvalue weighted by molar-refractivity contribution is -0.335. The molecule has 0 radical (unpaired) electrons. The maximum absolute atomic E-state index is 9.69. The first-order valence-electron chi connectivity index (χ1n) is 5.26. The molecular weight excluding hydrogens is 244 g/mol. The van der Waals surface area contributed by atoms with E-state index in [0.717, 1.165) is 0 Å². The molecule has 1 saturated heterocycles. The fourth-order valence-corrected chi connectivity index (χ4v) is 1.61. The minimum Gasteiger partial charge on any atom is -0.366 e. The van der Waals surface area contributed by atoms with Crippen LogP contribution in [0.15, 0.2) is 10.2 Å². The molecule has 1 rings (SSSR count). The molecule has 0 aromatic rings. The lowest BCUT2D eigenvalue weighted by Crippen LogP contribution is -2.55. The summed E-state index contributed by atoms with van der Waals surface area (Å²) in [6, 6.07) is -1.43. The van der Waals surface area contributed by atoms with E-state index in [9.17, 15) is 10.2 Å². The van der Waals surface area contributed by atoms with Crippen molar-refractivity contribution < 1.29 is 19.7 Å². The average Bonchev–Trinajstić information content (AvgIpc) is 2.32. The Morgan fingerprint density at radius 3 is 1.56 bits per heavy atom. The second kappa shape index (κ2) is 6.41. The van der Waals surface area contributed by atoms with Gasteiger partial charge in [0, 0.05) is 9.82 Å². The van der Waals surface area contributed by atoms with Crippen LogP contribution in [0.2, 0.25) is 0 Å². The van der Waals surface area contributed by atoms with Gasteiger partial charge in [-0.3, -0.25) is 0 Å². The van der Waals surface area contributed by atoms with E-state index in [-0.39, 0.29) is 0 Å². The Hall–Kier alpha value is -1.54. The van der Waals surface area contributed by atoms with E-state index in [1.165, 1.54) is 13.8 Å². The predicted molar refractivity (Wildman–Crippen MR) is 59.0 cm³/mol. The molecule has 0 aromatic carbocycles. The monoisotopic (exact) mass is 258 g/mol. The van der Waals surface area contributed by atoms with Crippen LogP contribution in [0.1, 0.15) is 13.8 Å². The molecule has 1 fully saturated rings. The highest BCUT2D eigenvalue weighted by atomic mass is 16.7. The molecule has 6 atom stereocenters. The molecule has 0 bridgehead atoms. The summed E-state index contributed by atoms with van der Waals surface area (Å²) >= 11 is 0. The van der Waals surface area contributed by atoms with Crippen molar-refractivity contribution in [2.75, 3.05) is 0 Å². The van der Waals surface area contributed by atoms with Gasteiger partial charge in [0.15, 0.2) is 12.6 Å². The first kappa shape index (κ1) is 14.5. The smallest absolute Gasteiger partial charge is 0.182 e. The van der Waals surface area contributed by atoms with E-state index in [1.807, 2.05) is 0 Å². The summed E-state index contributed by atoms with van der Waals surface area (Å²) < 4.78 is 10.3. The number of aliphatic hydroxyl groups is 2. The lowest BCUT2D eigenvalue weighted by atomic mass is 10.1. The van der Waals surface area contributed by atoms with Crippen LogP contribution in [-0.4, -0.2) is 47.1 Å². The highest BCUT2D eigenvalue weighted by Gasteiger charge is 2.41. The second-order valence-corrected chi connectivity index (χ2v) is 3.87. The first-order valence-corrected chi connectivity index (χ1v) is 5.26. The van der Waals surface area contributed by atoms with Gasteiger partial charge >= 0.3 is 0 Å². The molecule has 0 saturated carbocycles. The summed E-state index contributed by atoms with van der Waals surface area (Å²) in [6.45, 7) is 3.03.